The first-order valence-electron chi connectivity index (χ1n) is 6.46. The zero-order valence-corrected chi connectivity index (χ0v) is 12.6. The van der Waals surface area contributed by atoms with Crippen molar-refractivity contribution in [1.82, 2.24) is 0 Å². The SMILES string of the molecule is COc1cccc(OC(C)C(=O)Nc2ccccc2Cl)c1. The Morgan fingerprint density at radius 1 is 1.14 bits per heavy atom. The zero-order valence-electron chi connectivity index (χ0n) is 11.8. The number of hydrogen-bond donors (Lipinski definition) is 1. The van der Waals surface area contributed by atoms with Crippen LogP contribution in [-0.4, -0.2) is 19.1 Å². The summed E-state index contributed by atoms with van der Waals surface area (Å²) >= 11 is 6.00. The summed E-state index contributed by atoms with van der Waals surface area (Å²) in [6, 6.07) is 14.1. The molecule has 0 bridgehead atoms. The van der Waals surface area contributed by atoms with Gasteiger partial charge in [-0.1, -0.05) is 29.8 Å². The lowest BCUT2D eigenvalue weighted by molar-refractivity contribution is -0.122. The molecule has 0 fully saturated rings. The molecular weight excluding hydrogens is 290 g/mol. The highest BCUT2D eigenvalue weighted by atomic mass is 35.5. The molecule has 0 radical (unpaired) electrons. The highest BCUT2D eigenvalue weighted by Gasteiger charge is 2.16. The highest BCUT2D eigenvalue weighted by molar-refractivity contribution is 6.33. The van der Waals surface area contributed by atoms with Crippen LogP contribution in [0.1, 0.15) is 6.92 Å². The molecule has 4 nitrogen and oxygen atoms in total. The Hall–Kier alpha value is -2.20. The average Bonchev–Trinajstić information content (AvgIpc) is 2.49. The van der Waals surface area contributed by atoms with E-state index in [0.29, 0.717) is 22.2 Å². The zero-order chi connectivity index (χ0) is 15.2. The first-order valence-corrected chi connectivity index (χ1v) is 6.84. The minimum absolute atomic E-state index is 0.272. The van der Waals surface area contributed by atoms with Gasteiger partial charge in [0.1, 0.15) is 11.5 Å². The van der Waals surface area contributed by atoms with Gasteiger partial charge < -0.3 is 14.8 Å². The van der Waals surface area contributed by atoms with Crippen LogP contribution in [0.3, 0.4) is 0 Å². The van der Waals surface area contributed by atoms with Gasteiger partial charge in [0.15, 0.2) is 6.10 Å². The minimum Gasteiger partial charge on any atom is -0.497 e. The van der Waals surface area contributed by atoms with E-state index in [-0.39, 0.29) is 5.91 Å². The Morgan fingerprint density at radius 2 is 1.86 bits per heavy atom. The standard InChI is InChI=1S/C16H16ClNO3/c1-11(21-13-7-5-6-12(10-13)20-2)16(19)18-15-9-4-3-8-14(15)17/h3-11H,1-2H3,(H,18,19). The van der Waals surface area contributed by atoms with E-state index >= 15 is 0 Å². The molecule has 0 aliphatic rings. The van der Waals surface area contributed by atoms with Crippen LogP contribution in [0.15, 0.2) is 48.5 Å². The Kier molecular flexibility index (Phi) is 5.06. The minimum atomic E-state index is -0.659. The van der Waals surface area contributed by atoms with Crippen molar-refractivity contribution in [2.75, 3.05) is 12.4 Å². The molecule has 1 atom stereocenters. The maximum atomic E-state index is 12.1. The van der Waals surface area contributed by atoms with Crippen LogP contribution in [0.5, 0.6) is 11.5 Å². The van der Waals surface area contributed by atoms with E-state index in [1.807, 2.05) is 0 Å². The number of amides is 1. The van der Waals surface area contributed by atoms with Crippen molar-refractivity contribution in [2.24, 2.45) is 0 Å². The molecule has 5 heteroatoms. The molecule has 0 saturated carbocycles. The van der Waals surface area contributed by atoms with Crippen molar-refractivity contribution < 1.29 is 14.3 Å². The third kappa shape index (κ3) is 4.13. The van der Waals surface area contributed by atoms with Crippen molar-refractivity contribution in [1.29, 1.82) is 0 Å². The third-order valence-electron chi connectivity index (χ3n) is 2.86. The van der Waals surface area contributed by atoms with Crippen LogP contribution in [-0.2, 0) is 4.79 Å². The van der Waals surface area contributed by atoms with Crippen molar-refractivity contribution in [2.45, 2.75) is 13.0 Å². The van der Waals surface area contributed by atoms with Crippen LogP contribution in [0.4, 0.5) is 5.69 Å². The number of benzene rings is 2. The molecule has 0 saturated heterocycles. The fourth-order valence-electron chi connectivity index (χ4n) is 1.73. The molecule has 0 aliphatic carbocycles. The molecule has 0 heterocycles. The lowest BCUT2D eigenvalue weighted by Gasteiger charge is -2.15. The molecular formula is C16H16ClNO3. The molecule has 2 aromatic carbocycles. The topological polar surface area (TPSA) is 47.6 Å². The lowest BCUT2D eigenvalue weighted by atomic mass is 10.3. The predicted molar refractivity (Wildman–Crippen MR) is 83.2 cm³/mol. The number of rotatable bonds is 5. The van der Waals surface area contributed by atoms with Gasteiger partial charge in [-0.3, -0.25) is 4.79 Å². The number of nitrogens with one attached hydrogen (secondary N) is 1. The fraction of sp³-hybridized carbons (Fsp3) is 0.188. The number of methoxy groups -OCH3 is 1. The monoisotopic (exact) mass is 305 g/mol. The second-order valence-corrected chi connectivity index (χ2v) is 4.82. The van der Waals surface area contributed by atoms with Gasteiger partial charge in [0.2, 0.25) is 0 Å². The average molecular weight is 306 g/mol. The van der Waals surface area contributed by atoms with E-state index in [1.54, 1.807) is 62.6 Å². The smallest absolute Gasteiger partial charge is 0.265 e. The van der Waals surface area contributed by atoms with Crippen LogP contribution < -0.4 is 14.8 Å². The van der Waals surface area contributed by atoms with Crippen molar-refractivity contribution >= 4 is 23.2 Å². The molecule has 0 spiro atoms. The number of carbonyl (C=O) groups excluding carboxylic acids is 1. The van der Waals surface area contributed by atoms with Crippen molar-refractivity contribution in [3.8, 4) is 11.5 Å². The molecule has 2 aromatic rings. The van der Waals surface area contributed by atoms with Gasteiger partial charge in [-0.15, -0.1) is 0 Å². The number of ether oxygens (including phenoxy) is 2. The number of para-hydroxylation sites is 1. The van der Waals surface area contributed by atoms with Crippen LogP contribution >= 0.6 is 11.6 Å². The van der Waals surface area contributed by atoms with Crippen molar-refractivity contribution in [3.05, 3.63) is 53.6 Å². The Labute approximate surface area is 128 Å². The van der Waals surface area contributed by atoms with E-state index in [2.05, 4.69) is 5.32 Å². The molecule has 1 amide bonds. The highest BCUT2D eigenvalue weighted by Crippen LogP contribution is 2.22. The molecule has 110 valence electrons. The molecule has 2 rings (SSSR count). The number of carbonyl (C=O) groups is 1. The molecule has 1 N–H and O–H groups in total. The first kappa shape index (κ1) is 15.2. The van der Waals surface area contributed by atoms with Gasteiger partial charge >= 0.3 is 0 Å². The summed E-state index contributed by atoms with van der Waals surface area (Å²) in [5.74, 6) is 0.966. The van der Waals surface area contributed by atoms with E-state index < -0.39 is 6.10 Å². The summed E-state index contributed by atoms with van der Waals surface area (Å²) in [6.45, 7) is 1.67. The summed E-state index contributed by atoms with van der Waals surface area (Å²) < 4.78 is 10.7. The normalized spacial score (nSPS) is 11.6. The first-order chi connectivity index (χ1) is 10.1. The molecule has 21 heavy (non-hydrogen) atoms. The van der Waals surface area contributed by atoms with Gasteiger partial charge in [-0.25, -0.2) is 0 Å². The van der Waals surface area contributed by atoms with Crippen LogP contribution in [0, 0.1) is 0 Å². The summed E-state index contributed by atoms with van der Waals surface area (Å²) in [5, 5.41) is 3.22. The van der Waals surface area contributed by atoms with E-state index in [1.165, 1.54) is 0 Å². The maximum absolute atomic E-state index is 12.1. The van der Waals surface area contributed by atoms with Gasteiger partial charge in [0.05, 0.1) is 17.8 Å². The summed E-state index contributed by atoms with van der Waals surface area (Å²) in [5.41, 5.74) is 0.560. The summed E-state index contributed by atoms with van der Waals surface area (Å²) in [4.78, 5) is 12.1. The van der Waals surface area contributed by atoms with Gasteiger partial charge in [0.25, 0.3) is 5.91 Å². The molecule has 0 aromatic heterocycles. The number of anilines is 1. The van der Waals surface area contributed by atoms with Gasteiger partial charge in [-0.05, 0) is 31.2 Å². The molecule has 0 aliphatic heterocycles. The number of hydrogen-bond acceptors (Lipinski definition) is 3. The third-order valence-corrected chi connectivity index (χ3v) is 3.18. The van der Waals surface area contributed by atoms with E-state index in [4.69, 9.17) is 21.1 Å². The largest absolute Gasteiger partial charge is 0.497 e. The van der Waals surface area contributed by atoms with E-state index in [0.717, 1.165) is 0 Å². The van der Waals surface area contributed by atoms with Crippen LogP contribution in [0.2, 0.25) is 5.02 Å². The fourth-order valence-corrected chi connectivity index (χ4v) is 1.91. The summed E-state index contributed by atoms with van der Waals surface area (Å²) in [7, 11) is 1.58. The predicted octanol–water partition coefficient (Wildman–Crippen LogP) is 3.75. The Bertz CT molecular complexity index is 630. The van der Waals surface area contributed by atoms with Crippen molar-refractivity contribution in [3.63, 3.8) is 0 Å². The number of halogens is 1. The van der Waals surface area contributed by atoms with Crippen LogP contribution in [0.25, 0.3) is 0 Å². The molecule has 1 unspecified atom stereocenters. The lowest BCUT2D eigenvalue weighted by Crippen LogP contribution is -2.30. The Morgan fingerprint density at radius 3 is 2.57 bits per heavy atom. The second-order valence-electron chi connectivity index (χ2n) is 4.41. The van der Waals surface area contributed by atoms with E-state index in [9.17, 15) is 4.79 Å². The Balaban J connectivity index is 2.01. The maximum Gasteiger partial charge on any atom is 0.265 e. The van der Waals surface area contributed by atoms with Gasteiger partial charge in [-0.2, -0.15) is 0 Å². The second kappa shape index (κ2) is 6.99. The van der Waals surface area contributed by atoms with Gasteiger partial charge in [0, 0.05) is 6.07 Å². The quantitative estimate of drug-likeness (QED) is 0.915. The summed E-state index contributed by atoms with van der Waals surface area (Å²) in [6.07, 6.45) is -0.659.